The molecule has 2 atom stereocenters. The van der Waals surface area contributed by atoms with Crippen molar-refractivity contribution >= 4 is 11.7 Å². The molecule has 0 aliphatic carbocycles. The van der Waals surface area contributed by atoms with Crippen LogP contribution in [0, 0.1) is 11.6 Å². The SMILES string of the molecule is CC(C)(C)OC(=O)[C@H]1[C@@H](c2ccc(F)cc2F)N1c1ccccc1OC(C)(C)C. The van der Waals surface area contributed by atoms with Gasteiger partial charge < -0.3 is 14.4 Å². The molecule has 0 radical (unpaired) electrons. The molecule has 6 heteroatoms. The first-order valence-corrected chi connectivity index (χ1v) is 9.61. The van der Waals surface area contributed by atoms with Crippen LogP contribution in [0.1, 0.15) is 53.1 Å². The topological polar surface area (TPSA) is 38.5 Å². The second-order valence-corrected chi connectivity index (χ2v) is 9.18. The van der Waals surface area contributed by atoms with Gasteiger partial charge >= 0.3 is 5.97 Å². The molecule has 0 bridgehead atoms. The van der Waals surface area contributed by atoms with Crippen LogP contribution >= 0.6 is 0 Å². The molecule has 2 aromatic rings. The van der Waals surface area contributed by atoms with Crippen molar-refractivity contribution in [1.82, 2.24) is 0 Å². The number of hydrogen-bond donors (Lipinski definition) is 0. The van der Waals surface area contributed by atoms with Crippen molar-refractivity contribution in [2.45, 2.75) is 64.8 Å². The average Bonchev–Trinajstić information content (AvgIpc) is 3.27. The summed E-state index contributed by atoms with van der Waals surface area (Å²) >= 11 is 0. The van der Waals surface area contributed by atoms with Gasteiger partial charge in [-0.2, -0.15) is 0 Å². The molecule has 0 aromatic heterocycles. The molecule has 0 unspecified atom stereocenters. The van der Waals surface area contributed by atoms with Crippen molar-refractivity contribution in [3.05, 3.63) is 59.7 Å². The third-order valence-corrected chi connectivity index (χ3v) is 4.30. The number of nitrogens with zero attached hydrogens (tertiary/aromatic N) is 1. The summed E-state index contributed by atoms with van der Waals surface area (Å²) in [5.41, 5.74) is -0.233. The zero-order chi connectivity index (χ0) is 21.6. The quantitative estimate of drug-likeness (QED) is 0.505. The van der Waals surface area contributed by atoms with Gasteiger partial charge in [-0.05, 0) is 59.7 Å². The zero-order valence-corrected chi connectivity index (χ0v) is 17.6. The molecule has 29 heavy (non-hydrogen) atoms. The van der Waals surface area contributed by atoms with E-state index in [4.69, 9.17) is 9.47 Å². The minimum Gasteiger partial charge on any atom is -0.486 e. The highest BCUT2D eigenvalue weighted by Crippen LogP contribution is 2.51. The smallest absolute Gasteiger partial charge is 0.331 e. The summed E-state index contributed by atoms with van der Waals surface area (Å²) in [5, 5.41) is 0. The number of carbonyl (C=O) groups is 1. The van der Waals surface area contributed by atoms with Gasteiger partial charge in [0.15, 0.2) is 6.04 Å². The second-order valence-electron chi connectivity index (χ2n) is 9.18. The van der Waals surface area contributed by atoms with Crippen molar-refractivity contribution in [1.29, 1.82) is 0 Å². The number of ether oxygens (including phenoxy) is 2. The van der Waals surface area contributed by atoms with Gasteiger partial charge in [-0.15, -0.1) is 0 Å². The maximum absolute atomic E-state index is 14.5. The fourth-order valence-electron chi connectivity index (χ4n) is 3.28. The normalized spacial score (nSPS) is 19.1. The Bertz CT molecular complexity index is 915. The standard InChI is InChI=1S/C23H27F2NO3/c1-22(2,3)28-18-10-8-7-9-17(18)26-19(15-12-11-14(24)13-16(15)25)20(26)21(27)29-23(4,5)6/h7-13,19-20H,1-6H3/t19-,20-,26?/m1/s1. The molecule has 2 aromatic carbocycles. The summed E-state index contributed by atoms with van der Waals surface area (Å²) in [6.45, 7) is 11.1. The Morgan fingerprint density at radius 1 is 0.966 bits per heavy atom. The number of hydrogen-bond acceptors (Lipinski definition) is 4. The third-order valence-electron chi connectivity index (χ3n) is 4.30. The highest BCUT2D eigenvalue weighted by molar-refractivity contribution is 5.90. The molecule has 0 N–H and O–H groups in total. The zero-order valence-electron chi connectivity index (χ0n) is 17.6. The predicted octanol–water partition coefficient (Wildman–Crippen LogP) is 5.41. The molecule has 156 valence electrons. The van der Waals surface area contributed by atoms with E-state index < -0.39 is 40.9 Å². The molecule has 1 fully saturated rings. The number of benzene rings is 2. The second kappa shape index (κ2) is 7.32. The van der Waals surface area contributed by atoms with E-state index in [0.29, 0.717) is 11.4 Å². The molecule has 1 saturated heterocycles. The largest absolute Gasteiger partial charge is 0.486 e. The minimum absolute atomic E-state index is 0.243. The molecule has 3 rings (SSSR count). The summed E-state index contributed by atoms with van der Waals surface area (Å²) in [7, 11) is 0. The fraction of sp³-hybridized carbons (Fsp3) is 0.435. The number of halogens is 2. The van der Waals surface area contributed by atoms with E-state index in [0.717, 1.165) is 6.07 Å². The highest BCUT2D eigenvalue weighted by Gasteiger charge is 2.57. The van der Waals surface area contributed by atoms with Crippen LogP contribution in [0.2, 0.25) is 0 Å². The molecule has 1 heterocycles. The average molecular weight is 403 g/mol. The summed E-state index contributed by atoms with van der Waals surface area (Å²) in [6.07, 6.45) is 0. The molecule has 0 saturated carbocycles. The first-order valence-electron chi connectivity index (χ1n) is 9.61. The summed E-state index contributed by atoms with van der Waals surface area (Å²) in [5.74, 6) is -1.24. The van der Waals surface area contributed by atoms with Crippen molar-refractivity contribution in [3.8, 4) is 5.75 Å². The number of rotatable bonds is 4. The van der Waals surface area contributed by atoms with Crippen LogP contribution in [0.15, 0.2) is 42.5 Å². The Kier molecular flexibility index (Phi) is 5.32. The lowest BCUT2D eigenvalue weighted by atomic mass is 10.1. The summed E-state index contributed by atoms with van der Waals surface area (Å²) < 4.78 is 39.5. The lowest BCUT2D eigenvalue weighted by Gasteiger charge is -2.24. The van der Waals surface area contributed by atoms with Crippen LogP contribution in [0.4, 0.5) is 14.5 Å². The van der Waals surface area contributed by atoms with E-state index >= 15 is 0 Å². The Morgan fingerprint density at radius 3 is 2.21 bits per heavy atom. The van der Waals surface area contributed by atoms with Crippen LogP contribution in [-0.2, 0) is 9.53 Å². The monoisotopic (exact) mass is 403 g/mol. The van der Waals surface area contributed by atoms with Crippen LogP contribution in [-0.4, -0.2) is 23.2 Å². The lowest BCUT2D eigenvalue weighted by molar-refractivity contribution is -0.154. The molecule has 4 nitrogen and oxygen atoms in total. The maximum atomic E-state index is 14.5. The molecule has 1 aliphatic heterocycles. The Balaban J connectivity index is 2.02. The number of para-hydroxylation sites is 2. The van der Waals surface area contributed by atoms with Gasteiger partial charge in [-0.25, -0.2) is 13.6 Å². The summed E-state index contributed by atoms with van der Waals surface area (Å²) in [4.78, 5) is 14.6. The van der Waals surface area contributed by atoms with Crippen LogP contribution in [0.5, 0.6) is 5.75 Å². The molecule has 1 aliphatic rings. The van der Waals surface area contributed by atoms with Gasteiger partial charge in [0.2, 0.25) is 0 Å². The predicted molar refractivity (Wildman–Crippen MR) is 108 cm³/mol. The van der Waals surface area contributed by atoms with E-state index in [-0.39, 0.29) is 5.56 Å². The van der Waals surface area contributed by atoms with Crippen molar-refractivity contribution in [2.24, 2.45) is 0 Å². The van der Waals surface area contributed by atoms with E-state index in [2.05, 4.69) is 0 Å². The third kappa shape index (κ3) is 4.86. The van der Waals surface area contributed by atoms with E-state index in [1.807, 2.05) is 45.0 Å². The summed E-state index contributed by atoms with van der Waals surface area (Å²) in [6, 6.07) is 9.36. The van der Waals surface area contributed by atoms with Crippen LogP contribution in [0.25, 0.3) is 0 Å². The van der Waals surface area contributed by atoms with E-state index in [1.54, 1.807) is 25.7 Å². The first-order chi connectivity index (χ1) is 13.4. The van der Waals surface area contributed by atoms with E-state index in [9.17, 15) is 13.6 Å². The van der Waals surface area contributed by atoms with Gasteiger partial charge in [-0.1, -0.05) is 18.2 Å². The first kappa shape index (κ1) is 21.1. The molecular weight excluding hydrogens is 376 g/mol. The van der Waals surface area contributed by atoms with Crippen LogP contribution < -0.4 is 9.64 Å². The number of carbonyl (C=O) groups excluding carboxylic acids is 1. The van der Waals surface area contributed by atoms with Crippen molar-refractivity contribution in [2.75, 3.05) is 4.90 Å². The minimum atomic E-state index is -0.723. The van der Waals surface area contributed by atoms with Gasteiger partial charge in [0.25, 0.3) is 0 Å². The van der Waals surface area contributed by atoms with E-state index in [1.165, 1.54) is 12.1 Å². The van der Waals surface area contributed by atoms with Gasteiger partial charge in [0.05, 0.1) is 11.7 Å². The Hall–Kier alpha value is -2.63. The number of esters is 1. The molecule has 0 amide bonds. The lowest BCUT2D eigenvalue weighted by Crippen LogP contribution is -2.28. The van der Waals surface area contributed by atoms with Gasteiger partial charge in [0, 0.05) is 11.6 Å². The molecular formula is C23H27F2NO3. The Labute approximate surface area is 170 Å². The highest BCUT2D eigenvalue weighted by atomic mass is 19.1. The maximum Gasteiger partial charge on any atom is 0.331 e. The Morgan fingerprint density at radius 2 is 1.62 bits per heavy atom. The van der Waals surface area contributed by atoms with Crippen LogP contribution in [0.3, 0.4) is 0 Å². The molecule has 0 spiro atoms. The van der Waals surface area contributed by atoms with Gasteiger partial charge in [0.1, 0.15) is 28.6 Å². The van der Waals surface area contributed by atoms with Crippen molar-refractivity contribution in [3.63, 3.8) is 0 Å². The van der Waals surface area contributed by atoms with Gasteiger partial charge in [-0.3, -0.25) is 0 Å². The fourth-order valence-corrected chi connectivity index (χ4v) is 3.28. The van der Waals surface area contributed by atoms with Crippen molar-refractivity contribution < 1.29 is 23.0 Å². The number of anilines is 1.